The van der Waals surface area contributed by atoms with Gasteiger partial charge in [0, 0.05) is 26.4 Å². The van der Waals surface area contributed by atoms with Gasteiger partial charge in [-0.3, -0.25) is 9.78 Å². The number of ether oxygens (including phenoxy) is 2. The summed E-state index contributed by atoms with van der Waals surface area (Å²) in [5.74, 6) is 0.0896. The highest BCUT2D eigenvalue weighted by Crippen LogP contribution is 1.99. The molecule has 4 heterocycles. The van der Waals surface area contributed by atoms with Gasteiger partial charge >= 0.3 is 0 Å². The summed E-state index contributed by atoms with van der Waals surface area (Å²) in [6.45, 7) is 4.00. The predicted molar refractivity (Wildman–Crippen MR) is 79.0 cm³/mol. The second-order valence-electron chi connectivity index (χ2n) is 4.69. The minimum Gasteiger partial charge on any atom is -0.381 e. The molecule has 2 aliphatic heterocycles. The number of H-pyrrole nitrogens is 2. The van der Waals surface area contributed by atoms with E-state index in [0.717, 1.165) is 26.4 Å². The minimum atomic E-state index is -0.325. The molecular weight excluding hydrogens is 274 g/mol. The van der Waals surface area contributed by atoms with Crippen LogP contribution in [0.4, 0.5) is 5.95 Å². The van der Waals surface area contributed by atoms with Gasteiger partial charge in [0.05, 0.1) is 6.33 Å². The molecule has 2 saturated heterocycles. The molecule has 0 bridgehead atoms. The number of anilines is 1. The highest BCUT2D eigenvalue weighted by Gasteiger charge is 2.01. The number of nitrogens with zero attached hydrogens (tertiary/aromatic N) is 2. The van der Waals surface area contributed by atoms with E-state index in [2.05, 4.69) is 19.9 Å². The lowest BCUT2D eigenvalue weighted by molar-refractivity contribution is 0.198. The second kappa shape index (κ2) is 8.38. The van der Waals surface area contributed by atoms with E-state index in [4.69, 9.17) is 15.2 Å². The zero-order valence-electron chi connectivity index (χ0n) is 11.9. The summed E-state index contributed by atoms with van der Waals surface area (Å²) >= 11 is 0. The Kier molecular flexibility index (Phi) is 6.17. The Bertz CT molecular complexity index is 562. The van der Waals surface area contributed by atoms with Crippen molar-refractivity contribution in [3.05, 3.63) is 16.7 Å². The molecule has 21 heavy (non-hydrogen) atoms. The number of nitrogens with two attached hydrogens (primary N) is 1. The van der Waals surface area contributed by atoms with Crippen LogP contribution in [0.25, 0.3) is 11.2 Å². The molecule has 0 atom stereocenters. The van der Waals surface area contributed by atoms with E-state index in [1.54, 1.807) is 0 Å². The fraction of sp³-hybridized carbons (Fsp3) is 0.615. The number of aromatic amines is 2. The van der Waals surface area contributed by atoms with Gasteiger partial charge in [0.2, 0.25) is 5.95 Å². The van der Waals surface area contributed by atoms with Crippen molar-refractivity contribution >= 4 is 17.1 Å². The molecule has 0 unspecified atom stereocenters. The summed E-state index contributed by atoms with van der Waals surface area (Å²) in [5, 5.41) is 0. The number of fused-ring (bicyclic) bond motifs is 1. The van der Waals surface area contributed by atoms with Crippen LogP contribution >= 0.6 is 0 Å². The Morgan fingerprint density at radius 3 is 2.10 bits per heavy atom. The molecule has 0 spiro atoms. The largest absolute Gasteiger partial charge is 0.381 e. The summed E-state index contributed by atoms with van der Waals surface area (Å²) in [6, 6.07) is 0. The van der Waals surface area contributed by atoms with E-state index < -0.39 is 0 Å². The van der Waals surface area contributed by atoms with Gasteiger partial charge in [-0.1, -0.05) is 0 Å². The zero-order chi connectivity index (χ0) is 14.9. The van der Waals surface area contributed by atoms with Gasteiger partial charge in [-0.15, -0.1) is 0 Å². The molecule has 0 aliphatic carbocycles. The highest BCUT2D eigenvalue weighted by molar-refractivity contribution is 5.69. The lowest BCUT2D eigenvalue weighted by atomic mass is 10.4. The molecular formula is C13H21N5O3. The summed E-state index contributed by atoms with van der Waals surface area (Å²) in [4.78, 5) is 23.6. The molecule has 4 rings (SSSR count). The maximum absolute atomic E-state index is 11.0. The number of aromatic nitrogens is 4. The second-order valence-corrected chi connectivity index (χ2v) is 4.69. The summed E-state index contributed by atoms with van der Waals surface area (Å²) in [6.07, 6.45) is 6.51. The van der Waals surface area contributed by atoms with Gasteiger partial charge in [-0.2, -0.15) is 4.98 Å². The van der Waals surface area contributed by atoms with Gasteiger partial charge in [-0.25, -0.2) is 4.98 Å². The minimum absolute atomic E-state index is 0.0896. The van der Waals surface area contributed by atoms with Crippen molar-refractivity contribution in [1.82, 2.24) is 19.9 Å². The van der Waals surface area contributed by atoms with Crippen LogP contribution in [0, 0.1) is 0 Å². The smallest absolute Gasteiger partial charge is 0.280 e. The Labute approximate surface area is 122 Å². The van der Waals surface area contributed by atoms with Crippen LogP contribution in [0.2, 0.25) is 0 Å². The molecule has 2 aliphatic rings. The first kappa shape index (κ1) is 15.5. The van der Waals surface area contributed by atoms with Crippen molar-refractivity contribution in [2.45, 2.75) is 25.7 Å². The summed E-state index contributed by atoms with van der Waals surface area (Å²) < 4.78 is 9.89. The van der Waals surface area contributed by atoms with Gasteiger partial charge < -0.3 is 20.2 Å². The Morgan fingerprint density at radius 1 is 1.05 bits per heavy atom. The van der Waals surface area contributed by atoms with Crippen molar-refractivity contribution in [1.29, 1.82) is 0 Å². The van der Waals surface area contributed by atoms with Crippen LogP contribution in [0.15, 0.2) is 11.1 Å². The number of nitrogens with one attached hydrogen (secondary N) is 2. The molecule has 2 aromatic rings. The third-order valence-corrected chi connectivity index (χ3v) is 2.96. The van der Waals surface area contributed by atoms with Crippen molar-refractivity contribution in [2.75, 3.05) is 32.2 Å². The molecule has 4 N–H and O–H groups in total. The quantitative estimate of drug-likeness (QED) is 0.662. The van der Waals surface area contributed by atoms with E-state index in [1.807, 2.05) is 0 Å². The van der Waals surface area contributed by atoms with Crippen molar-refractivity contribution in [2.24, 2.45) is 0 Å². The molecule has 116 valence electrons. The third-order valence-electron chi connectivity index (χ3n) is 2.96. The Hall–Kier alpha value is -1.93. The van der Waals surface area contributed by atoms with E-state index >= 15 is 0 Å². The number of hydrogen-bond donors (Lipinski definition) is 3. The first-order valence-corrected chi connectivity index (χ1v) is 7.12. The zero-order valence-corrected chi connectivity index (χ0v) is 11.9. The summed E-state index contributed by atoms with van der Waals surface area (Å²) in [7, 11) is 0. The number of nitrogen functional groups attached to an aromatic ring is 1. The number of rotatable bonds is 0. The topological polar surface area (TPSA) is 119 Å². The molecule has 8 heteroatoms. The molecule has 0 saturated carbocycles. The average Bonchev–Trinajstić information content (AvgIpc) is 3.24. The van der Waals surface area contributed by atoms with Crippen molar-refractivity contribution < 1.29 is 9.47 Å². The lowest BCUT2D eigenvalue weighted by Crippen LogP contribution is -2.10. The maximum atomic E-state index is 11.0. The van der Waals surface area contributed by atoms with Crippen LogP contribution in [0.3, 0.4) is 0 Å². The van der Waals surface area contributed by atoms with E-state index in [1.165, 1.54) is 32.0 Å². The molecule has 0 amide bonds. The third kappa shape index (κ3) is 5.16. The first-order valence-electron chi connectivity index (χ1n) is 7.12. The lowest BCUT2D eigenvalue weighted by Gasteiger charge is -1.89. The Balaban J connectivity index is 0.000000134. The molecule has 2 aromatic heterocycles. The molecule has 0 radical (unpaired) electrons. The van der Waals surface area contributed by atoms with Gasteiger partial charge in [0.15, 0.2) is 11.2 Å². The number of hydrogen-bond acceptors (Lipinski definition) is 6. The van der Waals surface area contributed by atoms with Crippen LogP contribution in [-0.4, -0.2) is 46.4 Å². The molecule has 2 fully saturated rings. The molecule has 8 nitrogen and oxygen atoms in total. The fourth-order valence-electron chi connectivity index (χ4n) is 1.88. The highest BCUT2D eigenvalue weighted by atomic mass is 16.5. The van der Waals surface area contributed by atoms with Gasteiger partial charge in [0.25, 0.3) is 5.56 Å². The van der Waals surface area contributed by atoms with Crippen LogP contribution < -0.4 is 11.3 Å². The van der Waals surface area contributed by atoms with Crippen LogP contribution in [0.1, 0.15) is 25.7 Å². The van der Waals surface area contributed by atoms with Crippen LogP contribution in [0.5, 0.6) is 0 Å². The van der Waals surface area contributed by atoms with Crippen molar-refractivity contribution in [3.8, 4) is 0 Å². The number of imidazole rings is 1. The standard InChI is InChI=1S/C5H5N5O.2C4H8O/c6-5-9-3-2(4(11)10-5)7-1-8-3;2*1-2-4-5-3-1/h1H,(H4,6,7,8,9,10,11);2*1-4H2. The average molecular weight is 295 g/mol. The van der Waals surface area contributed by atoms with Gasteiger partial charge in [0.1, 0.15) is 0 Å². The monoisotopic (exact) mass is 295 g/mol. The van der Waals surface area contributed by atoms with Crippen molar-refractivity contribution in [3.63, 3.8) is 0 Å². The predicted octanol–water partition coefficient (Wildman–Crippen LogP) is 0.822. The first-order chi connectivity index (χ1) is 10.3. The fourth-order valence-corrected chi connectivity index (χ4v) is 1.88. The van der Waals surface area contributed by atoms with Gasteiger partial charge in [-0.05, 0) is 25.7 Å². The summed E-state index contributed by atoms with van der Waals surface area (Å²) in [5.41, 5.74) is 5.63. The SMILES string of the molecule is C1CCOC1.C1CCOC1.Nc1nc2[nH]cnc2c(=O)[nH]1. The van der Waals surface area contributed by atoms with E-state index in [9.17, 15) is 4.79 Å². The Morgan fingerprint density at radius 2 is 1.62 bits per heavy atom. The van der Waals surface area contributed by atoms with Crippen LogP contribution in [-0.2, 0) is 9.47 Å². The van der Waals surface area contributed by atoms with E-state index in [-0.39, 0.29) is 17.0 Å². The normalized spacial score (nSPS) is 17.0. The molecule has 0 aromatic carbocycles. The maximum Gasteiger partial charge on any atom is 0.280 e. The van der Waals surface area contributed by atoms with E-state index in [0.29, 0.717) is 5.65 Å².